The number of carbonyl (C=O) groups excluding carboxylic acids is 1. The minimum atomic E-state index is -4.39. The van der Waals surface area contributed by atoms with Gasteiger partial charge in [-0.1, -0.05) is 35.2 Å². The van der Waals surface area contributed by atoms with Crippen molar-refractivity contribution in [3.63, 3.8) is 0 Å². The van der Waals surface area contributed by atoms with E-state index in [9.17, 15) is 18.0 Å². The van der Waals surface area contributed by atoms with Crippen LogP contribution >= 0.6 is 23.1 Å². The van der Waals surface area contributed by atoms with Crippen LogP contribution in [-0.2, 0) is 17.4 Å². The van der Waals surface area contributed by atoms with Crippen molar-refractivity contribution in [2.24, 2.45) is 0 Å². The maximum atomic E-state index is 12.5. The Balaban J connectivity index is 1.97. The normalized spacial score (nSPS) is 11.1. The van der Waals surface area contributed by atoms with Crippen LogP contribution in [0, 0.1) is 18.3 Å². The fourth-order valence-corrected chi connectivity index (χ4v) is 3.64. The van der Waals surface area contributed by atoms with E-state index in [0.29, 0.717) is 16.4 Å². The number of nitrogens with one attached hydrogen (secondary N) is 1. The molecule has 4 nitrogen and oxygen atoms in total. The third kappa shape index (κ3) is 4.97. The first-order valence-corrected chi connectivity index (χ1v) is 8.53. The minimum Gasteiger partial charge on any atom is -0.302 e. The quantitative estimate of drug-likeness (QED) is 0.797. The summed E-state index contributed by atoms with van der Waals surface area (Å²) in [6.45, 7) is 1.78. The number of aromatic nitrogens is 1. The highest BCUT2D eigenvalue weighted by atomic mass is 32.2. The van der Waals surface area contributed by atoms with E-state index in [4.69, 9.17) is 5.26 Å². The average Bonchev–Trinajstić information content (AvgIpc) is 2.84. The molecule has 1 amide bonds. The summed E-state index contributed by atoms with van der Waals surface area (Å²) in [5, 5.41) is 11.6. The van der Waals surface area contributed by atoms with Gasteiger partial charge in [0.25, 0.3) is 0 Å². The number of nitrogens with zero attached hydrogens (tertiary/aromatic N) is 2. The molecular formula is C15H12F3N3OS2. The number of anilines is 1. The number of thiazole rings is 1. The van der Waals surface area contributed by atoms with Gasteiger partial charge in [0.1, 0.15) is 0 Å². The SMILES string of the molecule is Cc1nc(NC(=O)Cc2ccc(C(F)(F)F)cc2)sc1SCC#N. The molecule has 1 N–H and O–H groups in total. The van der Waals surface area contributed by atoms with Crippen LogP contribution in [0.5, 0.6) is 0 Å². The molecule has 0 atom stereocenters. The van der Waals surface area contributed by atoms with E-state index in [1.54, 1.807) is 6.92 Å². The van der Waals surface area contributed by atoms with Gasteiger partial charge in [0.05, 0.1) is 33.7 Å². The molecule has 2 aromatic rings. The van der Waals surface area contributed by atoms with Gasteiger partial charge in [-0.15, -0.1) is 0 Å². The van der Waals surface area contributed by atoms with Crippen LogP contribution < -0.4 is 5.32 Å². The predicted octanol–water partition coefficient (Wildman–Crippen LogP) is 4.27. The number of alkyl halides is 3. The van der Waals surface area contributed by atoms with Crippen molar-refractivity contribution in [1.29, 1.82) is 5.26 Å². The maximum absolute atomic E-state index is 12.5. The number of benzene rings is 1. The Morgan fingerprint density at radius 2 is 2.04 bits per heavy atom. The number of halogens is 3. The number of thioether (sulfide) groups is 1. The first-order chi connectivity index (χ1) is 11.3. The number of aryl methyl sites for hydroxylation is 1. The van der Waals surface area contributed by atoms with E-state index in [1.807, 2.05) is 6.07 Å². The second-order valence-corrected chi connectivity index (χ2v) is 7.00. The summed E-state index contributed by atoms with van der Waals surface area (Å²) in [4.78, 5) is 16.2. The predicted molar refractivity (Wildman–Crippen MR) is 87.0 cm³/mol. The van der Waals surface area contributed by atoms with Gasteiger partial charge in [0.2, 0.25) is 5.91 Å². The Bertz CT molecular complexity index is 764. The average molecular weight is 371 g/mol. The van der Waals surface area contributed by atoms with Gasteiger partial charge in [-0.3, -0.25) is 4.79 Å². The molecule has 0 aliphatic heterocycles. The topological polar surface area (TPSA) is 65.8 Å². The third-order valence-corrected chi connectivity index (χ3v) is 5.22. The van der Waals surface area contributed by atoms with Gasteiger partial charge >= 0.3 is 6.18 Å². The van der Waals surface area contributed by atoms with Gasteiger partial charge in [-0.25, -0.2) is 4.98 Å². The number of nitriles is 1. The second kappa shape index (κ2) is 7.68. The van der Waals surface area contributed by atoms with Crippen LogP contribution in [-0.4, -0.2) is 16.6 Å². The van der Waals surface area contributed by atoms with Crippen LogP contribution in [0.4, 0.5) is 18.3 Å². The van der Waals surface area contributed by atoms with E-state index in [1.165, 1.54) is 35.2 Å². The second-order valence-electron chi connectivity index (χ2n) is 4.76. The van der Waals surface area contributed by atoms with Crippen molar-refractivity contribution in [3.8, 4) is 6.07 Å². The van der Waals surface area contributed by atoms with Crippen molar-refractivity contribution in [1.82, 2.24) is 4.98 Å². The van der Waals surface area contributed by atoms with Crippen LogP contribution in [0.2, 0.25) is 0 Å². The molecular weight excluding hydrogens is 359 g/mol. The molecule has 0 unspecified atom stereocenters. The maximum Gasteiger partial charge on any atom is 0.416 e. The molecule has 1 aromatic carbocycles. The van der Waals surface area contributed by atoms with Gasteiger partial charge in [0.15, 0.2) is 5.13 Å². The van der Waals surface area contributed by atoms with Crippen LogP contribution in [0.15, 0.2) is 28.5 Å². The number of carbonyl (C=O) groups is 1. The number of hydrogen-bond acceptors (Lipinski definition) is 5. The molecule has 0 saturated carbocycles. The van der Waals surface area contributed by atoms with Crippen LogP contribution in [0.3, 0.4) is 0 Å². The van der Waals surface area contributed by atoms with Gasteiger partial charge in [0, 0.05) is 0 Å². The molecule has 0 spiro atoms. The zero-order valence-electron chi connectivity index (χ0n) is 12.5. The van der Waals surface area contributed by atoms with Crippen LogP contribution in [0.1, 0.15) is 16.8 Å². The molecule has 0 radical (unpaired) electrons. The molecule has 2 rings (SSSR count). The molecule has 1 heterocycles. The molecule has 0 fully saturated rings. The highest BCUT2D eigenvalue weighted by Crippen LogP contribution is 2.32. The summed E-state index contributed by atoms with van der Waals surface area (Å²) < 4.78 is 38.3. The fraction of sp³-hybridized carbons (Fsp3) is 0.267. The zero-order valence-corrected chi connectivity index (χ0v) is 14.1. The van der Waals surface area contributed by atoms with E-state index in [-0.39, 0.29) is 12.3 Å². The highest BCUT2D eigenvalue weighted by molar-refractivity contribution is 8.01. The summed E-state index contributed by atoms with van der Waals surface area (Å²) in [5.74, 6) is -0.0672. The minimum absolute atomic E-state index is 0.0442. The summed E-state index contributed by atoms with van der Waals surface area (Å²) in [6, 6.07) is 6.48. The third-order valence-electron chi connectivity index (χ3n) is 2.91. The van der Waals surface area contributed by atoms with Gasteiger partial charge < -0.3 is 5.32 Å². The van der Waals surface area contributed by atoms with Gasteiger partial charge in [-0.05, 0) is 24.6 Å². The lowest BCUT2D eigenvalue weighted by atomic mass is 10.1. The lowest BCUT2D eigenvalue weighted by Gasteiger charge is -2.07. The molecule has 126 valence electrons. The number of hydrogen-bond donors (Lipinski definition) is 1. The zero-order chi connectivity index (χ0) is 17.7. The highest BCUT2D eigenvalue weighted by Gasteiger charge is 2.29. The first-order valence-electron chi connectivity index (χ1n) is 6.72. The van der Waals surface area contributed by atoms with E-state index < -0.39 is 11.7 Å². The first kappa shape index (κ1) is 18.3. The Labute approximate surface area is 144 Å². The Kier molecular flexibility index (Phi) is 5.85. The Morgan fingerprint density at radius 3 is 2.62 bits per heavy atom. The fourth-order valence-electron chi connectivity index (χ4n) is 1.83. The number of amides is 1. The summed E-state index contributed by atoms with van der Waals surface area (Å²) in [5.41, 5.74) is 0.458. The molecule has 9 heteroatoms. The monoisotopic (exact) mass is 371 g/mol. The van der Waals surface area contributed by atoms with Crippen molar-refractivity contribution in [2.75, 3.05) is 11.1 Å². The van der Waals surface area contributed by atoms with Crippen molar-refractivity contribution in [2.45, 2.75) is 23.7 Å². The molecule has 0 aliphatic rings. The summed E-state index contributed by atoms with van der Waals surface area (Å²) in [6.07, 6.45) is -4.44. The molecule has 24 heavy (non-hydrogen) atoms. The molecule has 1 aromatic heterocycles. The van der Waals surface area contributed by atoms with Crippen molar-refractivity contribution in [3.05, 3.63) is 41.1 Å². The van der Waals surface area contributed by atoms with Crippen molar-refractivity contribution >= 4 is 34.1 Å². The van der Waals surface area contributed by atoms with Crippen LogP contribution in [0.25, 0.3) is 0 Å². The van der Waals surface area contributed by atoms with E-state index in [2.05, 4.69) is 10.3 Å². The van der Waals surface area contributed by atoms with Gasteiger partial charge in [-0.2, -0.15) is 18.4 Å². The molecule has 0 aliphatic carbocycles. The standard InChI is InChI=1S/C15H12F3N3OS2/c1-9-13(23-7-6-19)24-14(20-9)21-12(22)8-10-2-4-11(5-3-10)15(16,17)18/h2-5H,7-8H2,1H3,(H,20,21,22). The summed E-state index contributed by atoms with van der Waals surface area (Å²) >= 11 is 2.60. The lowest BCUT2D eigenvalue weighted by Crippen LogP contribution is -2.14. The van der Waals surface area contributed by atoms with E-state index in [0.717, 1.165) is 22.0 Å². The lowest BCUT2D eigenvalue weighted by molar-refractivity contribution is -0.137. The molecule has 0 bridgehead atoms. The molecule has 0 saturated heterocycles. The largest absolute Gasteiger partial charge is 0.416 e. The Hall–Kier alpha value is -2.05. The van der Waals surface area contributed by atoms with E-state index >= 15 is 0 Å². The van der Waals surface area contributed by atoms with Crippen molar-refractivity contribution < 1.29 is 18.0 Å². The Morgan fingerprint density at radius 1 is 1.38 bits per heavy atom. The number of rotatable bonds is 5. The summed E-state index contributed by atoms with van der Waals surface area (Å²) in [7, 11) is 0. The smallest absolute Gasteiger partial charge is 0.302 e.